The van der Waals surface area contributed by atoms with Gasteiger partial charge in [0.1, 0.15) is 5.82 Å². The molecule has 0 saturated carbocycles. The predicted octanol–water partition coefficient (Wildman–Crippen LogP) is 3.65. The second-order valence-corrected chi connectivity index (χ2v) is 7.00. The van der Waals surface area contributed by atoms with Crippen LogP contribution in [0.5, 0.6) is 0 Å². The topological polar surface area (TPSA) is 57.7 Å². The van der Waals surface area contributed by atoms with Crippen molar-refractivity contribution < 1.29 is 0 Å². The summed E-state index contributed by atoms with van der Waals surface area (Å²) in [7, 11) is 0. The molecule has 136 valence electrons. The number of aryl methyl sites for hydroxylation is 1. The molecule has 0 N–H and O–H groups in total. The second kappa shape index (κ2) is 7.73. The standard InChI is InChI=1S/C22H23N5/c1-2-5-22-24-14-18-15-26(11-9-21(18)25-22)16-20-8-4-10-27(20)19-7-3-6-17(12-19)13-23/h3-4,6-8,10,12,14H,2,5,9,11,15-16H2,1H3. The molecule has 0 fully saturated rings. The zero-order valence-electron chi connectivity index (χ0n) is 15.6. The van der Waals surface area contributed by atoms with Gasteiger partial charge in [-0.1, -0.05) is 13.0 Å². The predicted molar refractivity (Wildman–Crippen MR) is 104 cm³/mol. The number of fused-ring (bicyclic) bond motifs is 1. The van der Waals surface area contributed by atoms with E-state index in [2.05, 4.69) is 45.8 Å². The van der Waals surface area contributed by atoms with Gasteiger partial charge in [-0.2, -0.15) is 5.26 Å². The SMILES string of the molecule is CCCc1ncc2c(n1)CCN(Cc1cccn1-c1cccc(C#N)c1)C2. The average molecular weight is 357 g/mol. The van der Waals surface area contributed by atoms with Crippen molar-refractivity contribution >= 4 is 0 Å². The summed E-state index contributed by atoms with van der Waals surface area (Å²) >= 11 is 0. The molecule has 2 aromatic heterocycles. The van der Waals surface area contributed by atoms with Crippen LogP contribution in [-0.2, 0) is 25.9 Å². The van der Waals surface area contributed by atoms with E-state index in [-0.39, 0.29) is 0 Å². The summed E-state index contributed by atoms with van der Waals surface area (Å²) in [6.45, 7) is 4.90. The molecule has 27 heavy (non-hydrogen) atoms. The highest BCUT2D eigenvalue weighted by Crippen LogP contribution is 2.21. The van der Waals surface area contributed by atoms with Gasteiger partial charge in [0.15, 0.2) is 0 Å². The number of aromatic nitrogens is 3. The van der Waals surface area contributed by atoms with E-state index < -0.39 is 0 Å². The molecule has 3 aromatic rings. The van der Waals surface area contributed by atoms with E-state index in [1.807, 2.05) is 30.5 Å². The number of rotatable bonds is 5. The van der Waals surface area contributed by atoms with Crippen LogP contribution in [0.4, 0.5) is 0 Å². The summed E-state index contributed by atoms with van der Waals surface area (Å²) in [4.78, 5) is 11.7. The Bertz CT molecular complexity index is 982. The van der Waals surface area contributed by atoms with Gasteiger partial charge in [-0.05, 0) is 36.8 Å². The lowest BCUT2D eigenvalue weighted by Crippen LogP contribution is -2.31. The van der Waals surface area contributed by atoms with Gasteiger partial charge in [-0.3, -0.25) is 4.90 Å². The summed E-state index contributed by atoms with van der Waals surface area (Å²) in [6.07, 6.45) is 7.07. The van der Waals surface area contributed by atoms with Gasteiger partial charge >= 0.3 is 0 Å². The van der Waals surface area contributed by atoms with Gasteiger partial charge in [0.2, 0.25) is 0 Å². The molecule has 1 aromatic carbocycles. The molecule has 5 nitrogen and oxygen atoms in total. The zero-order valence-corrected chi connectivity index (χ0v) is 15.6. The molecule has 5 heteroatoms. The van der Waals surface area contributed by atoms with Crippen molar-refractivity contribution in [3.8, 4) is 11.8 Å². The van der Waals surface area contributed by atoms with Crippen molar-refractivity contribution in [3.63, 3.8) is 0 Å². The normalized spacial score (nSPS) is 13.9. The van der Waals surface area contributed by atoms with Crippen LogP contribution in [0.25, 0.3) is 5.69 Å². The third kappa shape index (κ3) is 3.76. The van der Waals surface area contributed by atoms with Crippen molar-refractivity contribution in [3.05, 3.63) is 77.1 Å². The lowest BCUT2D eigenvalue weighted by atomic mass is 10.1. The molecular weight excluding hydrogens is 334 g/mol. The molecule has 0 atom stereocenters. The van der Waals surface area contributed by atoms with Crippen LogP contribution in [-0.4, -0.2) is 26.0 Å². The number of nitrogens with zero attached hydrogens (tertiary/aromatic N) is 5. The number of hydrogen-bond donors (Lipinski definition) is 0. The maximum atomic E-state index is 9.16. The molecule has 0 aliphatic carbocycles. The van der Waals surface area contributed by atoms with E-state index in [0.29, 0.717) is 5.56 Å². The Labute approximate surface area is 159 Å². The molecule has 0 radical (unpaired) electrons. The Morgan fingerprint density at radius 1 is 1.22 bits per heavy atom. The van der Waals surface area contributed by atoms with Gasteiger partial charge in [0, 0.05) is 67.5 Å². The molecule has 1 aliphatic rings. The van der Waals surface area contributed by atoms with Crippen LogP contribution >= 0.6 is 0 Å². The number of nitriles is 1. The molecule has 0 bridgehead atoms. The van der Waals surface area contributed by atoms with Crippen LogP contribution < -0.4 is 0 Å². The van der Waals surface area contributed by atoms with Crippen molar-refractivity contribution in [2.45, 2.75) is 39.3 Å². The van der Waals surface area contributed by atoms with E-state index in [1.54, 1.807) is 0 Å². The summed E-state index contributed by atoms with van der Waals surface area (Å²) in [5, 5.41) is 9.16. The first-order valence-electron chi connectivity index (χ1n) is 9.49. The molecule has 0 amide bonds. The fourth-order valence-electron chi connectivity index (χ4n) is 3.65. The van der Waals surface area contributed by atoms with Crippen LogP contribution in [0.15, 0.2) is 48.8 Å². The van der Waals surface area contributed by atoms with E-state index in [0.717, 1.165) is 50.4 Å². The summed E-state index contributed by atoms with van der Waals surface area (Å²) in [5.41, 5.74) is 5.38. The molecule has 0 spiro atoms. The second-order valence-electron chi connectivity index (χ2n) is 7.00. The quantitative estimate of drug-likeness (QED) is 0.699. The van der Waals surface area contributed by atoms with Crippen molar-refractivity contribution in [1.82, 2.24) is 19.4 Å². The molecule has 4 rings (SSSR count). The first-order chi connectivity index (χ1) is 13.3. The molecule has 0 saturated heterocycles. The number of benzene rings is 1. The molecule has 0 unspecified atom stereocenters. The Morgan fingerprint density at radius 2 is 2.15 bits per heavy atom. The molecule has 1 aliphatic heterocycles. The van der Waals surface area contributed by atoms with E-state index in [9.17, 15) is 0 Å². The van der Waals surface area contributed by atoms with Gasteiger partial charge < -0.3 is 4.57 Å². The Kier molecular flexibility index (Phi) is 4.99. The minimum absolute atomic E-state index is 0.680. The average Bonchev–Trinajstić information content (AvgIpc) is 3.16. The summed E-state index contributed by atoms with van der Waals surface area (Å²) in [6, 6.07) is 14.2. The van der Waals surface area contributed by atoms with Crippen LogP contribution in [0.2, 0.25) is 0 Å². The third-order valence-corrected chi connectivity index (χ3v) is 5.01. The van der Waals surface area contributed by atoms with Crippen LogP contribution in [0.3, 0.4) is 0 Å². The van der Waals surface area contributed by atoms with Gasteiger partial charge in [0.05, 0.1) is 11.6 Å². The van der Waals surface area contributed by atoms with E-state index in [1.165, 1.54) is 17.0 Å². The Hall–Kier alpha value is -2.97. The highest BCUT2D eigenvalue weighted by atomic mass is 15.2. The first kappa shape index (κ1) is 17.4. The van der Waals surface area contributed by atoms with Crippen LogP contribution in [0, 0.1) is 11.3 Å². The van der Waals surface area contributed by atoms with E-state index >= 15 is 0 Å². The van der Waals surface area contributed by atoms with Gasteiger partial charge in [-0.15, -0.1) is 0 Å². The zero-order chi connectivity index (χ0) is 18.6. The lowest BCUT2D eigenvalue weighted by molar-refractivity contribution is 0.238. The summed E-state index contributed by atoms with van der Waals surface area (Å²) < 4.78 is 2.16. The third-order valence-electron chi connectivity index (χ3n) is 5.01. The molecular formula is C22H23N5. The van der Waals surface area contributed by atoms with Crippen molar-refractivity contribution in [2.24, 2.45) is 0 Å². The van der Waals surface area contributed by atoms with Crippen molar-refractivity contribution in [2.75, 3.05) is 6.54 Å². The minimum atomic E-state index is 0.680. The minimum Gasteiger partial charge on any atom is -0.320 e. The largest absolute Gasteiger partial charge is 0.320 e. The summed E-state index contributed by atoms with van der Waals surface area (Å²) in [5.74, 6) is 0.968. The highest BCUT2D eigenvalue weighted by Gasteiger charge is 2.19. The monoisotopic (exact) mass is 357 g/mol. The van der Waals surface area contributed by atoms with E-state index in [4.69, 9.17) is 10.2 Å². The first-order valence-corrected chi connectivity index (χ1v) is 9.49. The number of hydrogen-bond acceptors (Lipinski definition) is 4. The fraction of sp³-hybridized carbons (Fsp3) is 0.318. The fourth-order valence-corrected chi connectivity index (χ4v) is 3.65. The smallest absolute Gasteiger partial charge is 0.128 e. The van der Waals surface area contributed by atoms with Gasteiger partial charge in [-0.25, -0.2) is 9.97 Å². The Morgan fingerprint density at radius 3 is 3.00 bits per heavy atom. The highest BCUT2D eigenvalue weighted by molar-refractivity contribution is 5.42. The Balaban J connectivity index is 1.51. The van der Waals surface area contributed by atoms with Gasteiger partial charge in [0.25, 0.3) is 0 Å². The van der Waals surface area contributed by atoms with Crippen LogP contribution in [0.1, 0.15) is 41.7 Å². The van der Waals surface area contributed by atoms with Crippen molar-refractivity contribution in [1.29, 1.82) is 5.26 Å². The maximum absolute atomic E-state index is 9.16. The lowest BCUT2D eigenvalue weighted by Gasteiger charge is -2.28. The molecule has 3 heterocycles. The maximum Gasteiger partial charge on any atom is 0.128 e.